The molecule has 4 heteroatoms. The van der Waals surface area contributed by atoms with Gasteiger partial charge in [-0.3, -0.25) is 9.69 Å². The van der Waals surface area contributed by atoms with Crippen molar-refractivity contribution in [3.8, 4) is 0 Å². The largest absolute Gasteiger partial charge is 0.399 e. The molecule has 1 saturated heterocycles. The van der Waals surface area contributed by atoms with E-state index in [0.717, 1.165) is 24.7 Å². The van der Waals surface area contributed by atoms with Crippen molar-refractivity contribution in [1.29, 1.82) is 0 Å². The van der Waals surface area contributed by atoms with Gasteiger partial charge in [0.15, 0.2) is 0 Å². The van der Waals surface area contributed by atoms with Crippen molar-refractivity contribution >= 4 is 17.3 Å². The molecule has 1 aliphatic heterocycles. The predicted molar refractivity (Wildman–Crippen MR) is 78.9 cm³/mol. The number of anilines is 2. The second-order valence-electron chi connectivity index (χ2n) is 5.48. The number of nitrogens with one attached hydrogen (secondary N) is 1. The lowest BCUT2D eigenvalue weighted by Gasteiger charge is -2.19. The van der Waals surface area contributed by atoms with Crippen LogP contribution in [0, 0.1) is 5.92 Å². The van der Waals surface area contributed by atoms with Gasteiger partial charge in [-0.15, -0.1) is 0 Å². The molecule has 1 heterocycles. The fourth-order valence-electron chi connectivity index (χ4n) is 2.45. The molecule has 0 spiro atoms. The summed E-state index contributed by atoms with van der Waals surface area (Å²) in [6.07, 6.45) is 3.65. The van der Waals surface area contributed by atoms with Gasteiger partial charge in [0.25, 0.3) is 0 Å². The highest BCUT2D eigenvalue weighted by Crippen LogP contribution is 2.16. The van der Waals surface area contributed by atoms with Crippen LogP contribution in [0.5, 0.6) is 0 Å². The summed E-state index contributed by atoms with van der Waals surface area (Å²) in [6.45, 7) is 4.82. The average Bonchev–Trinajstić information content (AvgIpc) is 2.57. The summed E-state index contributed by atoms with van der Waals surface area (Å²) in [6, 6.07) is 7.25. The van der Waals surface area contributed by atoms with E-state index >= 15 is 0 Å². The predicted octanol–water partition coefficient (Wildman–Crippen LogP) is 2.33. The van der Waals surface area contributed by atoms with E-state index in [1.165, 1.54) is 19.3 Å². The van der Waals surface area contributed by atoms with Crippen molar-refractivity contribution < 1.29 is 4.79 Å². The highest BCUT2D eigenvalue weighted by molar-refractivity contribution is 5.92. The van der Waals surface area contributed by atoms with Crippen molar-refractivity contribution in [1.82, 2.24) is 4.90 Å². The number of rotatable bonds is 3. The lowest BCUT2D eigenvalue weighted by molar-refractivity contribution is -0.117. The van der Waals surface area contributed by atoms with Gasteiger partial charge >= 0.3 is 0 Å². The van der Waals surface area contributed by atoms with Crippen LogP contribution in [-0.4, -0.2) is 30.4 Å². The number of hydrogen-bond acceptors (Lipinski definition) is 3. The number of benzene rings is 1. The number of likely N-dealkylation sites (tertiary alicyclic amines) is 1. The van der Waals surface area contributed by atoms with Gasteiger partial charge in [0.05, 0.1) is 6.54 Å². The Morgan fingerprint density at radius 2 is 2.05 bits per heavy atom. The summed E-state index contributed by atoms with van der Waals surface area (Å²) < 4.78 is 0. The monoisotopic (exact) mass is 261 g/mol. The number of carbonyl (C=O) groups is 1. The molecule has 1 amide bonds. The van der Waals surface area contributed by atoms with Crippen molar-refractivity contribution in [2.24, 2.45) is 5.92 Å². The van der Waals surface area contributed by atoms with E-state index in [4.69, 9.17) is 5.73 Å². The highest BCUT2D eigenvalue weighted by Gasteiger charge is 2.16. The van der Waals surface area contributed by atoms with E-state index in [-0.39, 0.29) is 5.91 Å². The Morgan fingerprint density at radius 1 is 1.32 bits per heavy atom. The maximum atomic E-state index is 12.0. The maximum Gasteiger partial charge on any atom is 0.238 e. The second kappa shape index (κ2) is 6.57. The Morgan fingerprint density at radius 3 is 2.79 bits per heavy atom. The molecule has 0 saturated carbocycles. The van der Waals surface area contributed by atoms with Crippen LogP contribution in [0.3, 0.4) is 0 Å². The first-order valence-corrected chi connectivity index (χ1v) is 7.01. The molecule has 1 aromatic carbocycles. The van der Waals surface area contributed by atoms with E-state index in [1.54, 1.807) is 12.1 Å². The fourth-order valence-corrected chi connectivity index (χ4v) is 2.45. The van der Waals surface area contributed by atoms with Crippen molar-refractivity contribution in [3.05, 3.63) is 24.3 Å². The minimum absolute atomic E-state index is 0.0549. The van der Waals surface area contributed by atoms with Gasteiger partial charge in [-0.2, -0.15) is 0 Å². The number of nitrogens with zero attached hydrogens (tertiary/aromatic N) is 1. The number of hydrogen-bond donors (Lipinski definition) is 2. The van der Waals surface area contributed by atoms with Crippen LogP contribution >= 0.6 is 0 Å². The lowest BCUT2D eigenvalue weighted by Crippen LogP contribution is -2.34. The average molecular weight is 261 g/mol. The Kier molecular flexibility index (Phi) is 4.80. The molecular weight excluding hydrogens is 238 g/mol. The van der Waals surface area contributed by atoms with Crippen LogP contribution in [0.4, 0.5) is 11.4 Å². The minimum atomic E-state index is 0.0549. The number of carbonyl (C=O) groups excluding carboxylic acids is 1. The van der Waals surface area contributed by atoms with Gasteiger partial charge < -0.3 is 11.1 Å². The van der Waals surface area contributed by atoms with Gasteiger partial charge in [0.2, 0.25) is 5.91 Å². The number of nitrogen functional groups attached to an aromatic ring is 1. The summed E-state index contributed by atoms with van der Waals surface area (Å²) in [7, 11) is 0. The molecule has 1 fully saturated rings. The molecule has 0 bridgehead atoms. The van der Waals surface area contributed by atoms with Crippen molar-refractivity contribution in [2.75, 3.05) is 30.7 Å². The summed E-state index contributed by atoms with van der Waals surface area (Å²) in [5.41, 5.74) is 7.13. The SMILES string of the molecule is CC1CCCN(CC(=O)Nc2ccc(N)cc2)CC1. The van der Waals surface area contributed by atoms with Crippen LogP contribution in [0.15, 0.2) is 24.3 Å². The molecule has 2 rings (SSSR count). The lowest BCUT2D eigenvalue weighted by atomic mass is 10.0. The Bertz CT molecular complexity index is 416. The zero-order valence-corrected chi connectivity index (χ0v) is 11.6. The van der Waals surface area contributed by atoms with Gasteiger partial charge in [-0.05, 0) is 62.5 Å². The molecule has 1 aliphatic rings. The van der Waals surface area contributed by atoms with Crippen LogP contribution in [0.25, 0.3) is 0 Å². The number of nitrogens with two attached hydrogens (primary N) is 1. The summed E-state index contributed by atoms with van der Waals surface area (Å²) in [5.74, 6) is 0.837. The molecule has 0 aromatic heterocycles. The Hall–Kier alpha value is -1.55. The van der Waals surface area contributed by atoms with E-state index in [9.17, 15) is 4.79 Å². The molecule has 1 unspecified atom stereocenters. The van der Waals surface area contributed by atoms with Crippen molar-refractivity contribution in [2.45, 2.75) is 26.2 Å². The normalized spacial score (nSPS) is 20.8. The third-order valence-corrected chi connectivity index (χ3v) is 3.67. The second-order valence-corrected chi connectivity index (χ2v) is 5.48. The zero-order chi connectivity index (χ0) is 13.7. The summed E-state index contributed by atoms with van der Waals surface area (Å²) >= 11 is 0. The quantitative estimate of drug-likeness (QED) is 0.821. The third-order valence-electron chi connectivity index (χ3n) is 3.67. The molecule has 0 aliphatic carbocycles. The summed E-state index contributed by atoms with van der Waals surface area (Å²) in [5, 5.41) is 2.91. The Balaban J connectivity index is 1.82. The summed E-state index contributed by atoms with van der Waals surface area (Å²) in [4.78, 5) is 14.2. The van der Waals surface area contributed by atoms with Gasteiger partial charge in [-0.25, -0.2) is 0 Å². The topological polar surface area (TPSA) is 58.4 Å². The fraction of sp³-hybridized carbons (Fsp3) is 0.533. The zero-order valence-electron chi connectivity index (χ0n) is 11.6. The molecule has 3 N–H and O–H groups in total. The molecule has 4 nitrogen and oxygen atoms in total. The minimum Gasteiger partial charge on any atom is -0.399 e. The van der Waals surface area contributed by atoms with Crippen LogP contribution in [-0.2, 0) is 4.79 Å². The molecule has 1 aromatic rings. The number of amides is 1. The van der Waals surface area contributed by atoms with Gasteiger partial charge in [0.1, 0.15) is 0 Å². The first-order chi connectivity index (χ1) is 9.13. The molecule has 19 heavy (non-hydrogen) atoms. The van der Waals surface area contributed by atoms with E-state index in [0.29, 0.717) is 12.2 Å². The highest BCUT2D eigenvalue weighted by atomic mass is 16.2. The first-order valence-electron chi connectivity index (χ1n) is 7.01. The Labute approximate surface area is 115 Å². The smallest absolute Gasteiger partial charge is 0.238 e. The van der Waals surface area contributed by atoms with E-state index in [1.807, 2.05) is 12.1 Å². The van der Waals surface area contributed by atoms with Gasteiger partial charge in [0, 0.05) is 11.4 Å². The third kappa shape index (κ3) is 4.56. The van der Waals surface area contributed by atoms with Gasteiger partial charge in [-0.1, -0.05) is 6.92 Å². The molecular formula is C15H23N3O. The first kappa shape index (κ1) is 13.9. The van der Waals surface area contributed by atoms with Crippen LogP contribution in [0.2, 0.25) is 0 Å². The molecule has 0 radical (unpaired) electrons. The van der Waals surface area contributed by atoms with Crippen molar-refractivity contribution in [3.63, 3.8) is 0 Å². The molecule has 104 valence electrons. The van der Waals surface area contributed by atoms with Crippen LogP contribution in [0.1, 0.15) is 26.2 Å². The standard InChI is InChI=1S/C15H23N3O/c1-12-3-2-9-18(10-8-12)11-15(19)17-14-6-4-13(16)5-7-14/h4-7,12H,2-3,8-11,16H2,1H3,(H,17,19). The van der Waals surface area contributed by atoms with Crippen LogP contribution < -0.4 is 11.1 Å². The van der Waals surface area contributed by atoms with E-state index < -0.39 is 0 Å². The maximum absolute atomic E-state index is 12.0. The van der Waals surface area contributed by atoms with E-state index in [2.05, 4.69) is 17.1 Å². The molecule has 1 atom stereocenters.